The van der Waals surface area contributed by atoms with E-state index in [0.29, 0.717) is 29.1 Å². The van der Waals surface area contributed by atoms with Crippen LogP contribution in [-0.4, -0.2) is 41.1 Å². The Morgan fingerprint density at radius 1 is 1.13 bits per heavy atom. The molecule has 0 unspecified atom stereocenters. The summed E-state index contributed by atoms with van der Waals surface area (Å²) in [5, 5.41) is 16.6. The third kappa shape index (κ3) is 4.87. The van der Waals surface area contributed by atoms with Gasteiger partial charge in [-0.3, -0.25) is 9.69 Å². The van der Waals surface area contributed by atoms with Crippen LogP contribution in [0.3, 0.4) is 0 Å². The van der Waals surface area contributed by atoms with E-state index in [9.17, 15) is 23.5 Å². The fourth-order valence-corrected chi connectivity index (χ4v) is 2.93. The first-order valence-electron chi connectivity index (χ1n) is 9.16. The second-order valence-electron chi connectivity index (χ2n) is 6.55. The summed E-state index contributed by atoms with van der Waals surface area (Å²) >= 11 is 0. The molecule has 0 spiro atoms. The Balaban J connectivity index is 1.90. The Morgan fingerprint density at radius 3 is 2.63 bits per heavy atom. The summed E-state index contributed by atoms with van der Waals surface area (Å²) in [6.45, 7) is 0.830. The Bertz CT molecular complexity index is 1120. The summed E-state index contributed by atoms with van der Waals surface area (Å²) in [6.07, 6.45) is -1.09. The number of carbonyl (C=O) groups is 1. The molecule has 0 bridgehead atoms. The van der Waals surface area contributed by atoms with E-state index in [1.165, 1.54) is 27.8 Å². The molecule has 2 aromatic carbocycles. The first-order valence-corrected chi connectivity index (χ1v) is 9.16. The van der Waals surface area contributed by atoms with Gasteiger partial charge in [-0.2, -0.15) is 5.10 Å². The number of likely N-dealkylation sites (N-methyl/N-ethyl adjacent to an activating group) is 1. The van der Waals surface area contributed by atoms with Gasteiger partial charge < -0.3 is 10.4 Å². The molecule has 3 rings (SSSR count). The largest absolute Gasteiger partial charge is 0.465 e. The molecule has 9 heteroatoms. The summed E-state index contributed by atoms with van der Waals surface area (Å²) in [5.74, 6) is -1.97. The topological polar surface area (TPSA) is 87.5 Å². The first-order chi connectivity index (χ1) is 14.4. The third-order valence-corrected chi connectivity index (χ3v) is 4.45. The number of carboxylic acid groups (broad SMARTS) is 1. The standard InChI is InChI=1S/C21H20F2N4O3/c1-24-9-10-26(21(29)30)16-4-2-3-14(11-16)13-27-20(28)8-7-19(25-27)15-5-6-17(22)18(23)12-15/h2-8,11-12,24H,9-10,13H2,1H3,(H,29,30). The van der Waals surface area contributed by atoms with E-state index in [-0.39, 0.29) is 18.6 Å². The molecule has 7 nitrogen and oxygen atoms in total. The van der Waals surface area contributed by atoms with Crippen molar-refractivity contribution in [2.24, 2.45) is 0 Å². The number of nitrogens with zero attached hydrogens (tertiary/aromatic N) is 3. The van der Waals surface area contributed by atoms with Crippen LogP contribution in [0, 0.1) is 11.6 Å². The van der Waals surface area contributed by atoms with Gasteiger partial charge >= 0.3 is 6.09 Å². The van der Waals surface area contributed by atoms with Gasteiger partial charge in [0.25, 0.3) is 5.56 Å². The zero-order valence-electron chi connectivity index (χ0n) is 16.2. The highest BCUT2D eigenvalue weighted by Crippen LogP contribution is 2.20. The summed E-state index contributed by atoms with van der Waals surface area (Å²) < 4.78 is 27.9. The van der Waals surface area contributed by atoms with E-state index in [1.54, 1.807) is 31.3 Å². The van der Waals surface area contributed by atoms with E-state index in [0.717, 1.165) is 12.1 Å². The summed E-state index contributed by atoms with van der Waals surface area (Å²) in [4.78, 5) is 25.0. The van der Waals surface area contributed by atoms with Crippen molar-refractivity contribution in [3.8, 4) is 11.3 Å². The molecule has 1 heterocycles. The van der Waals surface area contributed by atoms with Crippen LogP contribution in [0.4, 0.5) is 19.3 Å². The molecule has 1 amide bonds. The number of benzene rings is 2. The maximum atomic E-state index is 13.5. The minimum atomic E-state index is -1.09. The Kier molecular flexibility index (Phi) is 6.53. The van der Waals surface area contributed by atoms with Gasteiger partial charge in [-0.15, -0.1) is 0 Å². The number of anilines is 1. The molecule has 0 aliphatic heterocycles. The Morgan fingerprint density at radius 2 is 1.93 bits per heavy atom. The number of amides is 1. The highest BCUT2D eigenvalue weighted by Gasteiger charge is 2.14. The lowest BCUT2D eigenvalue weighted by atomic mass is 10.1. The van der Waals surface area contributed by atoms with Gasteiger partial charge in [0.15, 0.2) is 11.6 Å². The third-order valence-electron chi connectivity index (χ3n) is 4.45. The number of halogens is 2. The monoisotopic (exact) mass is 414 g/mol. The summed E-state index contributed by atoms with van der Waals surface area (Å²) in [6, 6.07) is 12.9. The second kappa shape index (κ2) is 9.27. The maximum absolute atomic E-state index is 13.5. The predicted molar refractivity (Wildman–Crippen MR) is 109 cm³/mol. The van der Waals surface area contributed by atoms with Crippen molar-refractivity contribution in [1.82, 2.24) is 15.1 Å². The second-order valence-corrected chi connectivity index (χ2v) is 6.55. The zero-order chi connectivity index (χ0) is 21.7. The molecule has 156 valence electrons. The van der Waals surface area contributed by atoms with Crippen LogP contribution in [0.1, 0.15) is 5.56 Å². The zero-order valence-corrected chi connectivity index (χ0v) is 16.2. The highest BCUT2D eigenvalue weighted by molar-refractivity contribution is 5.86. The summed E-state index contributed by atoms with van der Waals surface area (Å²) in [7, 11) is 1.73. The first kappa shape index (κ1) is 21.1. The van der Waals surface area contributed by atoms with Crippen LogP contribution in [0.2, 0.25) is 0 Å². The lowest BCUT2D eigenvalue weighted by Gasteiger charge is -2.20. The fraction of sp³-hybridized carbons (Fsp3) is 0.190. The van der Waals surface area contributed by atoms with Crippen molar-refractivity contribution in [3.05, 3.63) is 82.1 Å². The van der Waals surface area contributed by atoms with Gasteiger partial charge in [-0.25, -0.2) is 18.3 Å². The van der Waals surface area contributed by atoms with Crippen molar-refractivity contribution in [2.75, 3.05) is 25.0 Å². The molecule has 0 saturated heterocycles. The molecule has 2 N–H and O–H groups in total. The van der Waals surface area contributed by atoms with E-state index in [4.69, 9.17) is 0 Å². The number of rotatable bonds is 7. The highest BCUT2D eigenvalue weighted by atomic mass is 19.2. The van der Waals surface area contributed by atoms with Crippen molar-refractivity contribution in [2.45, 2.75) is 6.54 Å². The van der Waals surface area contributed by atoms with Gasteiger partial charge in [0, 0.05) is 30.4 Å². The Hall–Kier alpha value is -3.59. The number of nitrogens with one attached hydrogen (secondary N) is 1. The van der Waals surface area contributed by atoms with Crippen molar-refractivity contribution in [3.63, 3.8) is 0 Å². The van der Waals surface area contributed by atoms with E-state index in [2.05, 4.69) is 10.4 Å². The lowest BCUT2D eigenvalue weighted by Crippen LogP contribution is -2.35. The molecule has 0 aliphatic carbocycles. The quantitative estimate of drug-likeness (QED) is 0.621. The van der Waals surface area contributed by atoms with Crippen LogP contribution in [0.25, 0.3) is 11.3 Å². The van der Waals surface area contributed by atoms with Crippen LogP contribution in [0.5, 0.6) is 0 Å². The minimum Gasteiger partial charge on any atom is -0.465 e. The van der Waals surface area contributed by atoms with Crippen LogP contribution in [0.15, 0.2) is 59.4 Å². The number of aromatic nitrogens is 2. The van der Waals surface area contributed by atoms with Gasteiger partial charge in [-0.05, 0) is 49.0 Å². The van der Waals surface area contributed by atoms with E-state index >= 15 is 0 Å². The average Bonchev–Trinajstić information content (AvgIpc) is 2.72. The van der Waals surface area contributed by atoms with Crippen molar-refractivity contribution in [1.29, 1.82) is 0 Å². The average molecular weight is 414 g/mol. The normalized spacial score (nSPS) is 10.8. The van der Waals surface area contributed by atoms with Crippen molar-refractivity contribution >= 4 is 11.8 Å². The molecule has 0 fully saturated rings. The Labute approximate surface area is 171 Å². The van der Waals surface area contributed by atoms with Gasteiger partial charge in [0.2, 0.25) is 0 Å². The molecule has 0 atom stereocenters. The lowest BCUT2D eigenvalue weighted by molar-refractivity contribution is 0.202. The van der Waals surface area contributed by atoms with Gasteiger partial charge in [-0.1, -0.05) is 12.1 Å². The smallest absolute Gasteiger partial charge is 0.411 e. The number of hydrogen-bond donors (Lipinski definition) is 2. The summed E-state index contributed by atoms with van der Waals surface area (Å²) in [5.41, 5.74) is 1.41. The fourth-order valence-electron chi connectivity index (χ4n) is 2.93. The van der Waals surface area contributed by atoms with Crippen molar-refractivity contribution < 1.29 is 18.7 Å². The van der Waals surface area contributed by atoms with E-state index in [1.807, 2.05) is 0 Å². The maximum Gasteiger partial charge on any atom is 0.411 e. The SMILES string of the molecule is CNCCN(C(=O)O)c1cccc(Cn2nc(-c3ccc(F)c(F)c3)ccc2=O)c1. The number of hydrogen-bond acceptors (Lipinski definition) is 4. The molecular formula is C21H20F2N4O3. The van der Waals surface area contributed by atoms with Crippen LogP contribution < -0.4 is 15.8 Å². The molecule has 0 aliphatic rings. The molecular weight excluding hydrogens is 394 g/mol. The molecule has 3 aromatic rings. The van der Waals surface area contributed by atoms with E-state index < -0.39 is 17.7 Å². The van der Waals surface area contributed by atoms with Gasteiger partial charge in [0.05, 0.1) is 12.2 Å². The van der Waals surface area contributed by atoms with Crippen LogP contribution >= 0.6 is 0 Å². The van der Waals surface area contributed by atoms with Crippen LogP contribution in [-0.2, 0) is 6.54 Å². The molecule has 30 heavy (non-hydrogen) atoms. The van der Waals surface area contributed by atoms with Gasteiger partial charge in [0.1, 0.15) is 0 Å². The molecule has 0 radical (unpaired) electrons. The minimum absolute atomic E-state index is 0.0870. The molecule has 0 saturated carbocycles. The predicted octanol–water partition coefficient (Wildman–Crippen LogP) is 2.94. The molecule has 1 aromatic heterocycles.